The predicted octanol–water partition coefficient (Wildman–Crippen LogP) is -1.10. The lowest BCUT2D eigenvalue weighted by Gasteiger charge is -2.45. The number of aromatic hydroxyl groups is 2. The topological polar surface area (TPSA) is 229 Å². The molecule has 2 aromatic carbocycles. The van der Waals surface area contributed by atoms with Crippen molar-refractivity contribution in [3.63, 3.8) is 0 Å². The number of hydrogen-bond donors (Lipinski definition) is 8. The smallest absolute Gasteiger partial charge is 0.229 e. The highest BCUT2D eigenvalue weighted by Crippen LogP contribution is 2.35. The molecule has 3 aromatic rings. The summed E-state index contributed by atoms with van der Waals surface area (Å²) in [6.45, 7) is 0.673. The molecule has 2 aliphatic rings. The number of benzene rings is 2. The predicted molar refractivity (Wildman–Crippen MR) is 137 cm³/mol. The summed E-state index contributed by atoms with van der Waals surface area (Å²) in [7, 11) is 0. The van der Waals surface area contributed by atoms with E-state index in [9.17, 15) is 45.6 Å². The number of hydrogen-bond acceptors (Lipinski definition) is 14. The normalized spacial score (nSPS) is 34.0. The van der Waals surface area contributed by atoms with Crippen LogP contribution in [0.5, 0.6) is 17.2 Å². The maximum Gasteiger partial charge on any atom is 0.229 e. The van der Waals surface area contributed by atoms with E-state index in [2.05, 4.69) is 0 Å². The van der Waals surface area contributed by atoms with E-state index in [1.165, 1.54) is 43.3 Å². The van der Waals surface area contributed by atoms with Gasteiger partial charge in [-0.15, -0.1) is 0 Å². The summed E-state index contributed by atoms with van der Waals surface area (Å²) >= 11 is 0. The monoisotopic (exact) mass is 578 g/mol. The molecule has 14 nitrogen and oxygen atoms in total. The van der Waals surface area contributed by atoms with Crippen LogP contribution in [0.3, 0.4) is 0 Å². The van der Waals surface area contributed by atoms with Gasteiger partial charge in [-0.3, -0.25) is 4.79 Å². The zero-order valence-corrected chi connectivity index (χ0v) is 21.5. The Morgan fingerprint density at radius 3 is 2.17 bits per heavy atom. The lowest BCUT2D eigenvalue weighted by Crippen LogP contribution is -2.64. The van der Waals surface area contributed by atoms with Crippen LogP contribution in [0, 0.1) is 0 Å². The Kier molecular flexibility index (Phi) is 8.20. The number of rotatable bonds is 6. The molecule has 0 amide bonds. The minimum atomic E-state index is -1.84. The summed E-state index contributed by atoms with van der Waals surface area (Å²) in [5.74, 6) is -0.457. The Balaban J connectivity index is 1.40. The van der Waals surface area contributed by atoms with Gasteiger partial charge < -0.3 is 64.2 Å². The van der Waals surface area contributed by atoms with Crippen LogP contribution in [0.1, 0.15) is 6.92 Å². The van der Waals surface area contributed by atoms with Crippen LogP contribution >= 0.6 is 0 Å². The van der Waals surface area contributed by atoms with Crippen molar-refractivity contribution >= 4 is 11.0 Å². The largest absolute Gasteiger partial charge is 0.508 e. The van der Waals surface area contributed by atoms with Crippen molar-refractivity contribution in [2.45, 2.75) is 68.3 Å². The number of aliphatic hydroxyl groups excluding tert-OH is 6. The summed E-state index contributed by atoms with van der Waals surface area (Å²) in [6, 6.07) is 9.31. The first-order chi connectivity index (χ1) is 19.5. The molecule has 0 saturated carbocycles. The number of aliphatic hydroxyl groups is 6. The van der Waals surface area contributed by atoms with Crippen molar-refractivity contribution < 1.29 is 64.2 Å². The average molecular weight is 579 g/mol. The second-order valence-electron chi connectivity index (χ2n) is 9.95. The Hall–Kier alpha value is -3.31. The lowest BCUT2D eigenvalue weighted by atomic mass is 9.97. The standard InChI is InChI=1S/C27H30O14/c1-10-20(32)21(33)23(35)26(37-10)41-25-18(9-28)40-27(24(36)22(25)34)39-17-7-13(30)6-16-19(17)14(31)8-15(38-16)11-2-4-12(29)5-3-11/h2-8,10,18,20-30,32-36H,9H2,1H3/t10-,18-,20+,21-,22+,23-,24-,25-,26+,27-/m1/s1. The van der Waals surface area contributed by atoms with Crippen LogP contribution in [-0.2, 0) is 14.2 Å². The molecule has 10 atom stereocenters. The zero-order chi connectivity index (χ0) is 29.6. The van der Waals surface area contributed by atoms with Gasteiger partial charge in [-0.1, -0.05) is 0 Å². The van der Waals surface area contributed by atoms with Gasteiger partial charge in [0.2, 0.25) is 6.29 Å². The maximum absolute atomic E-state index is 13.1. The van der Waals surface area contributed by atoms with Crippen LogP contribution in [0.15, 0.2) is 51.7 Å². The van der Waals surface area contributed by atoms with Gasteiger partial charge in [-0.2, -0.15) is 0 Å². The first-order valence-electron chi connectivity index (χ1n) is 12.7. The van der Waals surface area contributed by atoms with Gasteiger partial charge in [0.1, 0.15) is 76.7 Å². The third kappa shape index (κ3) is 5.61. The van der Waals surface area contributed by atoms with Gasteiger partial charge in [0.05, 0.1) is 12.7 Å². The van der Waals surface area contributed by atoms with Crippen LogP contribution in [0.25, 0.3) is 22.3 Å². The Bertz CT molecular complexity index is 1420. The third-order valence-electron chi connectivity index (χ3n) is 7.09. The Morgan fingerprint density at radius 1 is 0.805 bits per heavy atom. The summed E-state index contributed by atoms with van der Waals surface area (Å²) in [6.07, 6.45) is -15.4. The molecule has 14 heteroatoms. The molecule has 0 radical (unpaired) electrons. The Morgan fingerprint density at radius 2 is 1.49 bits per heavy atom. The summed E-state index contributed by atoms with van der Waals surface area (Å²) < 4.78 is 28.1. The molecule has 0 spiro atoms. The van der Waals surface area contributed by atoms with E-state index >= 15 is 0 Å². The second-order valence-corrected chi connectivity index (χ2v) is 9.95. The number of fused-ring (bicyclic) bond motifs is 1. The highest BCUT2D eigenvalue weighted by molar-refractivity contribution is 5.86. The first kappa shape index (κ1) is 29.2. The minimum Gasteiger partial charge on any atom is -0.508 e. The van der Waals surface area contributed by atoms with Gasteiger partial charge in [0.15, 0.2) is 11.7 Å². The van der Waals surface area contributed by atoms with Crippen molar-refractivity contribution in [2.75, 3.05) is 6.61 Å². The fraction of sp³-hybridized carbons (Fsp3) is 0.444. The Labute approximate surface area is 231 Å². The van der Waals surface area contributed by atoms with Gasteiger partial charge in [0.25, 0.3) is 0 Å². The van der Waals surface area contributed by atoms with Gasteiger partial charge in [0, 0.05) is 23.8 Å². The first-order valence-corrected chi connectivity index (χ1v) is 12.7. The number of phenolic OH excluding ortho intramolecular Hbond substituents is 2. The van der Waals surface area contributed by atoms with Crippen LogP contribution < -0.4 is 10.2 Å². The summed E-state index contributed by atoms with van der Waals surface area (Å²) in [5, 5.41) is 81.5. The van der Waals surface area contributed by atoms with E-state index in [0.717, 1.165) is 6.07 Å². The molecule has 0 aliphatic carbocycles. The molecule has 222 valence electrons. The number of ether oxygens (including phenoxy) is 4. The molecular formula is C27H30O14. The molecule has 5 rings (SSSR count). The summed E-state index contributed by atoms with van der Waals surface area (Å²) in [5.41, 5.74) is -0.171. The molecule has 3 heterocycles. The molecule has 2 saturated heterocycles. The molecule has 0 bridgehead atoms. The molecule has 8 N–H and O–H groups in total. The molecular weight excluding hydrogens is 548 g/mol. The highest BCUT2D eigenvalue weighted by atomic mass is 16.7. The quantitative estimate of drug-likeness (QED) is 0.174. The molecule has 2 fully saturated rings. The van der Waals surface area contributed by atoms with E-state index < -0.39 is 73.4 Å². The lowest BCUT2D eigenvalue weighted by molar-refractivity contribution is -0.349. The van der Waals surface area contributed by atoms with Gasteiger partial charge in [-0.05, 0) is 31.2 Å². The molecule has 41 heavy (non-hydrogen) atoms. The van der Waals surface area contributed by atoms with Crippen LogP contribution in [-0.4, -0.2) is 109 Å². The van der Waals surface area contributed by atoms with Crippen LogP contribution in [0.4, 0.5) is 0 Å². The van der Waals surface area contributed by atoms with Gasteiger partial charge >= 0.3 is 0 Å². The van der Waals surface area contributed by atoms with Crippen molar-refractivity contribution in [3.8, 4) is 28.6 Å². The van der Waals surface area contributed by atoms with Crippen molar-refractivity contribution in [2.24, 2.45) is 0 Å². The van der Waals surface area contributed by atoms with Crippen molar-refractivity contribution in [1.82, 2.24) is 0 Å². The summed E-state index contributed by atoms with van der Waals surface area (Å²) in [4.78, 5) is 13.1. The molecule has 1 aromatic heterocycles. The van der Waals surface area contributed by atoms with Crippen LogP contribution in [0.2, 0.25) is 0 Å². The van der Waals surface area contributed by atoms with E-state index in [4.69, 9.17) is 23.4 Å². The van der Waals surface area contributed by atoms with E-state index in [1.807, 2.05) is 0 Å². The zero-order valence-electron chi connectivity index (χ0n) is 21.5. The second kappa shape index (κ2) is 11.5. The number of phenols is 2. The van der Waals surface area contributed by atoms with Crippen molar-refractivity contribution in [1.29, 1.82) is 0 Å². The maximum atomic E-state index is 13.1. The van der Waals surface area contributed by atoms with Gasteiger partial charge in [-0.25, -0.2) is 0 Å². The SMILES string of the molecule is C[C@H]1O[C@@H](O[C@H]2[C@@H](O)[C@@H](O)[C@H](Oc3cc(O)cc4oc(-c5ccc(O)cc5)cc(=O)c34)O[C@@H]2CO)[C@H](O)[C@H](O)[C@H]1O. The third-order valence-corrected chi connectivity index (χ3v) is 7.09. The minimum absolute atomic E-state index is 0.0145. The fourth-order valence-electron chi connectivity index (χ4n) is 4.82. The molecule has 2 aliphatic heterocycles. The van der Waals surface area contributed by atoms with E-state index in [-0.39, 0.29) is 34.0 Å². The van der Waals surface area contributed by atoms with E-state index in [0.29, 0.717) is 5.56 Å². The highest BCUT2D eigenvalue weighted by Gasteiger charge is 2.50. The van der Waals surface area contributed by atoms with Crippen molar-refractivity contribution in [3.05, 3.63) is 52.7 Å². The average Bonchev–Trinajstić information content (AvgIpc) is 2.94. The fourth-order valence-corrected chi connectivity index (χ4v) is 4.82. The van der Waals surface area contributed by atoms with E-state index in [1.54, 1.807) is 0 Å². The molecule has 0 unspecified atom stereocenters.